The average molecular weight is 420 g/mol. The maximum Gasteiger partial charge on any atom is 0.277 e. The second-order valence-corrected chi connectivity index (χ2v) is 6.93. The number of carbonyl (C=O) groups is 4. The maximum absolute atomic E-state index is 14.2. The number of amides is 3. The lowest BCUT2D eigenvalue weighted by molar-refractivity contribution is -0.150. The van der Waals surface area contributed by atoms with Gasteiger partial charge in [0.05, 0.1) is 13.1 Å². The highest BCUT2D eigenvalue weighted by molar-refractivity contribution is 9.10. The molecule has 0 radical (unpaired) electrons. The second kappa shape index (κ2) is 5.60. The topological polar surface area (TPSA) is 88.5 Å². The van der Waals surface area contributed by atoms with Gasteiger partial charge < -0.3 is 9.88 Å². The average Bonchev–Trinajstić information content (AvgIpc) is 3.18. The molecule has 7 nitrogen and oxygen atoms in total. The minimum atomic E-state index is -2.15. The van der Waals surface area contributed by atoms with Crippen molar-refractivity contribution in [1.82, 2.24) is 14.8 Å². The number of nitrogens with one attached hydrogen (secondary N) is 1. The predicted octanol–water partition coefficient (Wildman–Crippen LogP) is 0.966. The fourth-order valence-electron chi connectivity index (χ4n) is 3.34. The molecule has 1 atom stereocenters. The Bertz CT molecular complexity index is 984. The first-order valence-corrected chi connectivity index (χ1v) is 8.46. The third kappa shape index (κ3) is 2.03. The van der Waals surface area contributed by atoms with Crippen LogP contribution >= 0.6 is 15.9 Å². The van der Waals surface area contributed by atoms with Crippen molar-refractivity contribution in [2.24, 2.45) is 0 Å². The summed E-state index contributed by atoms with van der Waals surface area (Å²) in [5.74, 6) is -3.73. The zero-order chi connectivity index (χ0) is 18.6. The molecule has 1 spiro atoms. The minimum absolute atomic E-state index is 0.0209. The molecule has 26 heavy (non-hydrogen) atoms. The number of fused-ring (bicyclic) bond motifs is 2. The van der Waals surface area contributed by atoms with Crippen LogP contribution in [0.3, 0.4) is 0 Å². The molecule has 4 rings (SSSR count). The molecule has 0 saturated carbocycles. The molecular formula is C17H11BrFN3O4. The number of hydrogen-bond donors (Lipinski definition) is 1. The van der Waals surface area contributed by atoms with Crippen LogP contribution in [0.4, 0.5) is 4.39 Å². The smallest absolute Gasteiger partial charge is 0.277 e. The van der Waals surface area contributed by atoms with Crippen LogP contribution in [0, 0.1) is 5.82 Å². The molecule has 3 amide bonds. The van der Waals surface area contributed by atoms with E-state index in [1.165, 1.54) is 30.5 Å². The van der Waals surface area contributed by atoms with Crippen LogP contribution in [-0.2, 0) is 26.5 Å². The summed E-state index contributed by atoms with van der Waals surface area (Å²) in [6, 6.07) is 7.10. The Hall–Kier alpha value is -2.81. The summed E-state index contributed by atoms with van der Waals surface area (Å²) in [7, 11) is 0. The number of imide groups is 1. The Kier molecular flexibility index (Phi) is 3.58. The lowest BCUT2D eigenvalue weighted by Gasteiger charge is -2.37. The van der Waals surface area contributed by atoms with Crippen LogP contribution in [-0.4, -0.2) is 39.5 Å². The van der Waals surface area contributed by atoms with Crippen LogP contribution < -0.4 is 5.32 Å². The molecule has 1 aromatic heterocycles. The van der Waals surface area contributed by atoms with E-state index in [0.717, 1.165) is 9.47 Å². The molecule has 2 aliphatic rings. The largest absolute Gasteiger partial charge is 0.346 e. The van der Waals surface area contributed by atoms with Crippen LogP contribution in [0.5, 0.6) is 0 Å². The summed E-state index contributed by atoms with van der Waals surface area (Å²) >= 11 is 3.14. The highest BCUT2D eigenvalue weighted by Crippen LogP contribution is 2.34. The zero-order valence-electron chi connectivity index (χ0n) is 13.2. The van der Waals surface area contributed by atoms with E-state index in [1.54, 1.807) is 6.07 Å². The number of halogens is 2. The van der Waals surface area contributed by atoms with E-state index in [1.807, 2.05) is 0 Å². The summed E-state index contributed by atoms with van der Waals surface area (Å²) in [6.45, 7) is -0.693. The SMILES string of the molecule is O=C1c2cccn2[C@]2(C(=O)CNC2=O)C(=O)N1Cc1ccc(Br)cc1F. The van der Waals surface area contributed by atoms with Crippen molar-refractivity contribution in [1.29, 1.82) is 0 Å². The zero-order valence-corrected chi connectivity index (χ0v) is 14.7. The fraction of sp³-hybridized carbons (Fsp3) is 0.176. The lowest BCUT2D eigenvalue weighted by atomic mass is 9.90. The first-order chi connectivity index (χ1) is 12.4. The molecule has 2 aromatic rings. The van der Waals surface area contributed by atoms with Gasteiger partial charge >= 0.3 is 0 Å². The fourth-order valence-corrected chi connectivity index (χ4v) is 3.68. The maximum atomic E-state index is 14.2. The Morgan fingerprint density at radius 2 is 1.96 bits per heavy atom. The molecule has 0 bridgehead atoms. The van der Waals surface area contributed by atoms with Crippen molar-refractivity contribution in [2.45, 2.75) is 12.1 Å². The molecular weight excluding hydrogens is 409 g/mol. The molecule has 3 heterocycles. The normalized spacial score (nSPS) is 22.2. The van der Waals surface area contributed by atoms with E-state index in [-0.39, 0.29) is 24.3 Å². The van der Waals surface area contributed by atoms with Gasteiger partial charge in [-0.2, -0.15) is 0 Å². The van der Waals surface area contributed by atoms with Gasteiger partial charge in [0.1, 0.15) is 11.5 Å². The minimum Gasteiger partial charge on any atom is -0.346 e. The Labute approximate surface area is 154 Å². The van der Waals surface area contributed by atoms with Crippen LogP contribution in [0.15, 0.2) is 41.0 Å². The van der Waals surface area contributed by atoms with E-state index in [4.69, 9.17) is 0 Å². The van der Waals surface area contributed by atoms with Gasteiger partial charge in [0.15, 0.2) is 5.78 Å². The lowest BCUT2D eigenvalue weighted by Crippen LogP contribution is -2.63. The van der Waals surface area contributed by atoms with E-state index >= 15 is 0 Å². The number of aromatic nitrogens is 1. The number of hydrogen-bond acceptors (Lipinski definition) is 4. The van der Waals surface area contributed by atoms with E-state index < -0.39 is 34.9 Å². The summed E-state index contributed by atoms with van der Waals surface area (Å²) in [5, 5.41) is 2.36. The van der Waals surface area contributed by atoms with Crippen molar-refractivity contribution in [2.75, 3.05) is 6.54 Å². The molecule has 0 unspecified atom stereocenters. The molecule has 0 aliphatic carbocycles. The van der Waals surface area contributed by atoms with Crippen molar-refractivity contribution in [3.05, 3.63) is 58.1 Å². The number of carbonyl (C=O) groups excluding carboxylic acids is 4. The van der Waals surface area contributed by atoms with Gasteiger partial charge in [0.25, 0.3) is 23.3 Å². The summed E-state index contributed by atoms with van der Waals surface area (Å²) in [6.07, 6.45) is 1.35. The summed E-state index contributed by atoms with van der Waals surface area (Å²) in [4.78, 5) is 51.5. The molecule has 2 aliphatic heterocycles. The number of nitrogens with zero attached hydrogens (tertiary/aromatic N) is 2. The first kappa shape index (κ1) is 16.6. The number of Topliss-reactive ketones (excluding diaryl/α,β-unsaturated/α-hetero) is 1. The molecule has 1 fully saturated rings. The van der Waals surface area contributed by atoms with Crippen molar-refractivity contribution in [3.8, 4) is 0 Å². The molecule has 1 aromatic carbocycles. The Balaban J connectivity index is 1.85. The van der Waals surface area contributed by atoms with E-state index in [2.05, 4.69) is 21.2 Å². The second-order valence-electron chi connectivity index (χ2n) is 6.01. The van der Waals surface area contributed by atoms with Gasteiger partial charge in [0, 0.05) is 16.2 Å². The van der Waals surface area contributed by atoms with Gasteiger partial charge in [-0.25, -0.2) is 4.39 Å². The third-order valence-electron chi connectivity index (χ3n) is 4.61. The van der Waals surface area contributed by atoms with Gasteiger partial charge in [-0.3, -0.25) is 24.1 Å². The van der Waals surface area contributed by atoms with Gasteiger partial charge in [0.2, 0.25) is 0 Å². The van der Waals surface area contributed by atoms with Gasteiger partial charge in [-0.15, -0.1) is 0 Å². The number of benzene rings is 1. The highest BCUT2D eigenvalue weighted by atomic mass is 79.9. The highest BCUT2D eigenvalue weighted by Gasteiger charge is 2.63. The molecule has 132 valence electrons. The Morgan fingerprint density at radius 1 is 1.19 bits per heavy atom. The van der Waals surface area contributed by atoms with Crippen molar-refractivity contribution < 1.29 is 23.6 Å². The standard InChI is InChI=1S/C17H11BrFN3O4/c18-10-4-3-9(11(19)6-10)8-21-14(24)12-2-1-5-22(12)17(16(21)26)13(23)7-20-15(17)25/h1-6H,7-8H2,(H,20,25)/t17-/m0/s1. The quantitative estimate of drug-likeness (QED) is 0.580. The van der Waals surface area contributed by atoms with Crippen molar-refractivity contribution in [3.63, 3.8) is 0 Å². The van der Waals surface area contributed by atoms with Gasteiger partial charge in [-0.1, -0.05) is 22.0 Å². The third-order valence-corrected chi connectivity index (χ3v) is 5.11. The molecule has 1 saturated heterocycles. The Morgan fingerprint density at radius 3 is 2.62 bits per heavy atom. The van der Waals surface area contributed by atoms with E-state index in [0.29, 0.717) is 4.47 Å². The molecule has 9 heteroatoms. The summed E-state index contributed by atoms with van der Waals surface area (Å²) in [5.41, 5.74) is -2.04. The van der Waals surface area contributed by atoms with Crippen molar-refractivity contribution >= 4 is 39.4 Å². The molecule has 1 N–H and O–H groups in total. The number of ketones is 1. The predicted molar refractivity (Wildman–Crippen MR) is 89.4 cm³/mol. The van der Waals surface area contributed by atoms with Crippen LogP contribution in [0.1, 0.15) is 16.1 Å². The van der Waals surface area contributed by atoms with E-state index in [9.17, 15) is 23.6 Å². The monoisotopic (exact) mass is 419 g/mol. The first-order valence-electron chi connectivity index (χ1n) is 7.67. The summed E-state index contributed by atoms with van der Waals surface area (Å²) < 4.78 is 15.8. The van der Waals surface area contributed by atoms with Crippen LogP contribution in [0.2, 0.25) is 0 Å². The van der Waals surface area contributed by atoms with Crippen LogP contribution in [0.25, 0.3) is 0 Å². The number of rotatable bonds is 2. The van der Waals surface area contributed by atoms with Gasteiger partial charge in [-0.05, 0) is 24.3 Å².